The molecule has 2 aliphatic heterocycles. The first kappa shape index (κ1) is 24.2. The van der Waals surface area contributed by atoms with Gasteiger partial charge in [-0.1, -0.05) is 18.2 Å². The van der Waals surface area contributed by atoms with Gasteiger partial charge in [-0.15, -0.1) is 0 Å². The Labute approximate surface area is 200 Å². The van der Waals surface area contributed by atoms with Crippen LogP contribution in [0.25, 0.3) is 0 Å². The Kier molecular flexibility index (Phi) is 7.23. The summed E-state index contributed by atoms with van der Waals surface area (Å²) in [4.78, 5) is 16.6. The fourth-order valence-electron chi connectivity index (χ4n) is 4.95. The number of methoxy groups -OCH3 is 2. The van der Waals surface area contributed by atoms with Crippen LogP contribution in [-0.4, -0.2) is 63.4 Å². The largest absolute Gasteiger partial charge is 0.493 e. The van der Waals surface area contributed by atoms with Gasteiger partial charge in [0.15, 0.2) is 11.5 Å². The lowest BCUT2D eigenvalue weighted by molar-refractivity contribution is -0.138. The van der Waals surface area contributed by atoms with Crippen LogP contribution in [0, 0.1) is 11.8 Å². The molecule has 0 amide bonds. The Balaban J connectivity index is 1.63. The maximum absolute atomic E-state index is 13.3. The summed E-state index contributed by atoms with van der Waals surface area (Å²) in [5.41, 5.74) is 2.92. The van der Waals surface area contributed by atoms with Crippen molar-refractivity contribution in [1.29, 1.82) is 0 Å². The van der Waals surface area contributed by atoms with Gasteiger partial charge < -0.3 is 14.6 Å². The molecule has 0 aromatic heterocycles. The third-order valence-electron chi connectivity index (χ3n) is 6.73. The summed E-state index contributed by atoms with van der Waals surface area (Å²) in [7, 11) is -0.475. The molecule has 0 spiro atoms. The number of hydrogen-bond donors (Lipinski definition) is 1. The average Bonchev–Trinajstić information content (AvgIpc) is 2.84. The zero-order chi connectivity index (χ0) is 24.3. The monoisotopic (exact) mass is 486 g/mol. The molecule has 8 nitrogen and oxygen atoms in total. The first-order valence-corrected chi connectivity index (χ1v) is 12.8. The lowest BCUT2D eigenvalue weighted by atomic mass is 9.79. The van der Waals surface area contributed by atoms with Crippen LogP contribution >= 0.6 is 0 Å². The van der Waals surface area contributed by atoms with Gasteiger partial charge in [-0.25, -0.2) is 8.42 Å². The van der Waals surface area contributed by atoms with Gasteiger partial charge in [-0.3, -0.25) is 9.79 Å². The highest BCUT2D eigenvalue weighted by molar-refractivity contribution is 7.89. The Morgan fingerprint density at radius 2 is 1.82 bits per heavy atom. The van der Waals surface area contributed by atoms with E-state index in [2.05, 4.69) is 0 Å². The molecule has 2 heterocycles. The molecule has 1 N–H and O–H groups in total. The second-order valence-corrected chi connectivity index (χ2v) is 10.7. The van der Waals surface area contributed by atoms with E-state index >= 15 is 0 Å². The maximum Gasteiger partial charge on any atom is 0.303 e. The van der Waals surface area contributed by atoms with Gasteiger partial charge in [-0.05, 0) is 60.9 Å². The van der Waals surface area contributed by atoms with Gasteiger partial charge in [0.2, 0.25) is 10.0 Å². The number of rotatable bonds is 8. The van der Waals surface area contributed by atoms with Crippen molar-refractivity contribution >= 4 is 21.7 Å². The minimum Gasteiger partial charge on any atom is -0.493 e. The van der Waals surface area contributed by atoms with Gasteiger partial charge in [0, 0.05) is 37.3 Å². The average molecular weight is 487 g/mol. The van der Waals surface area contributed by atoms with Crippen molar-refractivity contribution < 1.29 is 27.8 Å². The summed E-state index contributed by atoms with van der Waals surface area (Å²) in [6.45, 7) is 1.19. The number of sulfonamides is 1. The van der Waals surface area contributed by atoms with Crippen LogP contribution in [0.1, 0.15) is 30.4 Å². The lowest BCUT2D eigenvalue weighted by Crippen LogP contribution is -2.45. The first-order chi connectivity index (χ1) is 16.3. The minimum atomic E-state index is -3.66. The number of benzene rings is 2. The smallest absolute Gasteiger partial charge is 0.303 e. The van der Waals surface area contributed by atoms with E-state index < -0.39 is 16.0 Å². The van der Waals surface area contributed by atoms with E-state index in [0.29, 0.717) is 37.4 Å². The molecule has 2 aliphatic rings. The van der Waals surface area contributed by atoms with Gasteiger partial charge in [-0.2, -0.15) is 4.31 Å². The molecule has 1 saturated heterocycles. The molecule has 2 atom stereocenters. The Bertz CT molecular complexity index is 1180. The molecular weight excluding hydrogens is 456 g/mol. The molecule has 2 aromatic rings. The zero-order valence-corrected chi connectivity index (χ0v) is 20.3. The molecule has 2 unspecified atom stereocenters. The minimum absolute atomic E-state index is 0.00988. The van der Waals surface area contributed by atoms with Crippen LogP contribution in [-0.2, 0) is 21.2 Å². The van der Waals surface area contributed by atoms with E-state index in [1.165, 1.54) is 4.31 Å². The van der Waals surface area contributed by atoms with Crippen molar-refractivity contribution in [2.75, 3.05) is 33.9 Å². The highest BCUT2D eigenvalue weighted by Crippen LogP contribution is 2.37. The van der Waals surface area contributed by atoms with Crippen LogP contribution < -0.4 is 9.47 Å². The summed E-state index contributed by atoms with van der Waals surface area (Å²) in [6, 6.07) is 12.3. The topological polar surface area (TPSA) is 106 Å². The van der Waals surface area contributed by atoms with Crippen molar-refractivity contribution in [2.45, 2.75) is 30.6 Å². The number of aliphatic carboxylic acids is 1. The highest BCUT2D eigenvalue weighted by Gasteiger charge is 2.37. The third kappa shape index (κ3) is 4.95. The molecule has 34 heavy (non-hydrogen) atoms. The molecule has 0 radical (unpaired) electrons. The number of ether oxygens (including phenoxy) is 2. The van der Waals surface area contributed by atoms with Crippen molar-refractivity contribution in [1.82, 2.24) is 4.31 Å². The van der Waals surface area contributed by atoms with Crippen molar-refractivity contribution in [3.8, 4) is 11.5 Å². The molecule has 2 aromatic carbocycles. The summed E-state index contributed by atoms with van der Waals surface area (Å²) in [6.07, 6.45) is 1.78. The van der Waals surface area contributed by atoms with Crippen LogP contribution in [0.4, 0.5) is 0 Å². The second kappa shape index (κ2) is 10.1. The van der Waals surface area contributed by atoms with Gasteiger partial charge in [0.25, 0.3) is 0 Å². The number of nitrogens with zero attached hydrogens (tertiary/aromatic N) is 2. The molecule has 1 fully saturated rings. The highest BCUT2D eigenvalue weighted by atomic mass is 32.2. The maximum atomic E-state index is 13.3. The number of carboxylic acids is 1. The van der Waals surface area contributed by atoms with E-state index in [1.807, 2.05) is 12.1 Å². The van der Waals surface area contributed by atoms with Gasteiger partial charge in [0.1, 0.15) is 0 Å². The predicted molar refractivity (Wildman–Crippen MR) is 128 cm³/mol. The number of piperidine rings is 1. The third-order valence-corrected chi connectivity index (χ3v) is 8.61. The van der Waals surface area contributed by atoms with E-state index in [-0.39, 0.29) is 29.7 Å². The molecule has 182 valence electrons. The number of fused-ring (bicyclic) bond motifs is 1. The normalized spacial score (nSPS) is 20.8. The Morgan fingerprint density at radius 3 is 2.50 bits per heavy atom. The van der Waals surface area contributed by atoms with Gasteiger partial charge >= 0.3 is 5.97 Å². The van der Waals surface area contributed by atoms with Gasteiger partial charge in [0.05, 0.1) is 19.1 Å². The van der Waals surface area contributed by atoms with Crippen LogP contribution in [0.3, 0.4) is 0 Å². The van der Waals surface area contributed by atoms with Crippen molar-refractivity contribution in [3.05, 3.63) is 53.6 Å². The predicted octanol–water partition coefficient (Wildman–Crippen LogP) is 3.24. The molecule has 9 heteroatoms. The Hall–Kier alpha value is -2.91. The number of hydrogen-bond acceptors (Lipinski definition) is 6. The molecule has 4 rings (SSSR count). The molecule has 0 saturated carbocycles. The summed E-state index contributed by atoms with van der Waals surface area (Å²) in [5.74, 6) is 0.0970. The Morgan fingerprint density at radius 1 is 1.12 bits per heavy atom. The fraction of sp³-hybridized carbons (Fsp3) is 0.440. The number of aliphatic imine (C=N–C) groups is 1. The van der Waals surface area contributed by atoms with E-state index in [4.69, 9.17) is 14.5 Å². The number of carboxylic acid groups (broad SMARTS) is 1. The van der Waals surface area contributed by atoms with E-state index in [9.17, 15) is 18.3 Å². The summed E-state index contributed by atoms with van der Waals surface area (Å²) >= 11 is 0. The molecule has 0 aliphatic carbocycles. The van der Waals surface area contributed by atoms with Crippen molar-refractivity contribution in [2.24, 2.45) is 16.8 Å². The first-order valence-electron chi connectivity index (χ1n) is 11.4. The van der Waals surface area contributed by atoms with Crippen LogP contribution in [0.5, 0.6) is 11.5 Å². The zero-order valence-electron chi connectivity index (χ0n) is 19.4. The van der Waals surface area contributed by atoms with Crippen LogP contribution in [0.2, 0.25) is 0 Å². The van der Waals surface area contributed by atoms with E-state index in [1.54, 1.807) is 44.6 Å². The molecule has 0 bridgehead atoms. The lowest BCUT2D eigenvalue weighted by Gasteiger charge is -2.38. The summed E-state index contributed by atoms with van der Waals surface area (Å²) in [5, 5.41) is 9.48. The standard InChI is InChI=1S/C25H30N2O6S/c1-32-23-13-18-8-10-26-22(21(18)15-24(23)33-2)12-19-16-27(11-9-17(19)14-25(28)29)34(30,31)20-6-4-3-5-7-20/h3-7,13,15,17,19H,8-12,14,16H2,1-2H3,(H,28,29). The second-order valence-electron chi connectivity index (χ2n) is 8.73. The fourth-order valence-corrected chi connectivity index (χ4v) is 6.48. The van der Waals surface area contributed by atoms with Crippen molar-refractivity contribution in [3.63, 3.8) is 0 Å². The number of carbonyl (C=O) groups is 1. The van der Waals surface area contributed by atoms with E-state index in [0.717, 1.165) is 23.3 Å². The van der Waals surface area contributed by atoms with Crippen LogP contribution in [0.15, 0.2) is 52.4 Å². The quantitative estimate of drug-likeness (QED) is 0.614. The SMILES string of the molecule is COc1cc2c(cc1OC)C(CC1CN(S(=O)(=O)c3ccccc3)CCC1CC(=O)O)=NCC2. The molecular formula is C25H30N2O6S. The summed E-state index contributed by atoms with van der Waals surface area (Å²) < 4.78 is 38.9.